The van der Waals surface area contributed by atoms with Gasteiger partial charge in [0.25, 0.3) is 0 Å². The van der Waals surface area contributed by atoms with Crippen LogP contribution >= 0.6 is 15.9 Å². The van der Waals surface area contributed by atoms with Gasteiger partial charge in [-0.2, -0.15) is 10.2 Å². The van der Waals surface area contributed by atoms with Crippen molar-refractivity contribution in [2.75, 3.05) is 0 Å². The highest BCUT2D eigenvalue weighted by Gasteiger charge is 2.13. The average Bonchev–Trinajstić information content (AvgIpc) is 3.33. The van der Waals surface area contributed by atoms with Crippen molar-refractivity contribution in [2.45, 2.75) is 6.54 Å². The monoisotopic (exact) mass is 394 g/mol. The molecule has 9 heteroatoms. The molecule has 0 amide bonds. The molecule has 0 saturated carbocycles. The average molecular weight is 395 g/mol. The third-order valence-corrected chi connectivity index (χ3v) is 4.26. The van der Waals surface area contributed by atoms with E-state index in [1.165, 1.54) is 0 Å². The van der Waals surface area contributed by atoms with Crippen LogP contribution in [0.15, 0.2) is 59.7 Å². The predicted molar refractivity (Wildman–Crippen MR) is 94.4 cm³/mol. The summed E-state index contributed by atoms with van der Waals surface area (Å²) in [6, 6.07) is 9.89. The van der Waals surface area contributed by atoms with Crippen molar-refractivity contribution in [3.8, 4) is 5.69 Å². The van der Waals surface area contributed by atoms with Gasteiger partial charge in [-0.25, -0.2) is 19.2 Å². The number of hydrogen-bond acceptors (Lipinski definition) is 5. The van der Waals surface area contributed by atoms with Crippen LogP contribution in [0.2, 0.25) is 0 Å². The number of halogens is 1. The zero-order valence-corrected chi connectivity index (χ0v) is 14.4. The van der Waals surface area contributed by atoms with Gasteiger partial charge in [0.2, 0.25) is 0 Å². The van der Waals surface area contributed by atoms with Crippen molar-refractivity contribution >= 4 is 32.6 Å². The Morgan fingerprint density at radius 3 is 2.68 bits per heavy atom. The zero-order valence-electron chi connectivity index (χ0n) is 12.9. The minimum absolute atomic E-state index is 0.488. The minimum Gasteiger partial charge on any atom is -0.264 e. The van der Waals surface area contributed by atoms with E-state index in [0.717, 1.165) is 26.8 Å². The number of hydrogen-bond donors (Lipinski definition) is 0. The van der Waals surface area contributed by atoms with Gasteiger partial charge in [-0.1, -0.05) is 18.2 Å². The number of para-hydroxylation sites is 1. The Hall–Kier alpha value is -3.07. The Morgan fingerprint density at radius 1 is 1.00 bits per heavy atom. The van der Waals surface area contributed by atoms with E-state index in [0.29, 0.717) is 12.4 Å². The number of nitrogens with zero attached hydrogens (tertiary/aromatic N) is 8. The van der Waals surface area contributed by atoms with Gasteiger partial charge in [-0.05, 0) is 28.1 Å². The van der Waals surface area contributed by atoms with Crippen LogP contribution in [0.3, 0.4) is 0 Å². The van der Waals surface area contributed by atoms with Crippen LogP contribution < -0.4 is 0 Å². The van der Waals surface area contributed by atoms with Crippen molar-refractivity contribution in [1.29, 1.82) is 0 Å². The summed E-state index contributed by atoms with van der Waals surface area (Å²) in [6.45, 7) is 0.488. The number of benzene rings is 1. The molecule has 0 fully saturated rings. The fourth-order valence-corrected chi connectivity index (χ4v) is 3.09. The first-order valence-corrected chi connectivity index (χ1v) is 8.38. The molecule has 5 aromatic rings. The lowest BCUT2D eigenvalue weighted by Crippen LogP contribution is -2.02. The number of rotatable bonds is 3. The lowest BCUT2D eigenvalue weighted by molar-refractivity contribution is 0.653. The van der Waals surface area contributed by atoms with Gasteiger partial charge >= 0.3 is 0 Å². The smallest absolute Gasteiger partial charge is 0.173 e. The van der Waals surface area contributed by atoms with Crippen LogP contribution in [-0.4, -0.2) is 39.1 Å². The second-order valence-corrected chi connectivity index (χ2v) is 6.44. The highest BCUT2D eigenvalue weighted by molar-refractivity contribution is 9.10. The molecule has 4 heterocycles. The molecular weight excluding hydrogens is 384 g/mol. The molecule has 0 atom stereocenters. The maximum atomic E-state index is 4.63. The van der Waals surface area contributed by atoms with Crippen LogP contribution in [-0.2, 0) is 6.54 Å². The van der Waals surface area contributed by atoms with Gasteiger partial charge in [0.15, 0.2) is 17.1 Å². The van der Waals surface area contributed by atoms with Crippen molar-refractivity contribution in [3.05, 3.63) is 65.5 Å². The minimum atomic E-state index is 0.488. The van der Waals surface area contributed by atoms with E-state index in [1.54, 1.807) is 32.6 Å². The van der Waals surface area contributed by atoms with Crippen LogP contribution in [0, 0.1) is 0 Å². The number of fused-ring (bicyclic) bond motifs is 3. The van der Waals surface area contributed by atoms with Crippen molar-refractivity contribution in [2.24, 2.45) is 0 Å². The van der Waals surface area contributed by atoms with Gasteiger partial charge in [0, 0.05) is 6.20 Å². The third kappa shape index (κ3) is 2.40. The van der Waals surface area contributed by atoms with Gasteiger partial charge in [0.1, 0.15) is 12.9 Å². The van der Waals surface area contributed by atoms with E-state index in [4.69, 9.17) is 0 Å². The summed E-state index contributed by atoms with van der Waals surface area (Å²) in [5.74, 6) is 0.664. The molecule has 0 unspecified atom stereocenters. The van der Waals surface area contributed by atoms with Gasteiger partial charge in [-0.15, -0.1) is 5.10 Å². The van der Waals surface area contributed by atoms with E-state index in [1.807, 2.05) is 36.5 Å². The summed E-state index contributed by atoms with van der Waals surface area (Å²) in [6.07, 6.45) is 7.05. The highest BCUT2D eigenvalue weighted by atomic mass is 79.9. The van der Waals surface area contributed by atoms with Crippen molar-refractivity contribution in [1.82, 2.24) is 39.1 Å². The molecule has 0 spiro atoms. The Balaban J connectivity index is 1.62. The van der Waals surface area contributed by atoms with Crippen molar-refractivity contribution < 1.29 is 0 Å². The first-order valence-electron chi connectivity index (χ1n) is 7.59. The molecule has 0 radical (unpaired) electrons. The molecular formula is C16H11BrN8. The van der Waals surface area contributed by atoms with Crippen molar-refractivity contribution in [3.63, 3.8) is 0 Å². The maximum absolute atomic E-state index is 4.63. The van der Waals surface area contributed by atoms with E-state index < -0.39 is 0 Å². The Labute approximate surface area is 149 Å². The molecule has 122 valence electrons. The molecule has 0 aliphatic rings. The molecule has 0 aliphatic heterocycles. The van der Waals surface area contributed by atoms with Crippen LogP contribution in [0.4, 0.5) is 0 Å². The summed E-state index contributed by atoms with van der Waals surface area (Å²) >= 11 is 3.39. The first-order chi connectivity index (χ1) is 12.3. The SMILES string of the molecule is Brc1cnn(Cc2nc3c4cnn(-c5ccccc5)c4ncn3n2)c1. The molecule has 0 saturated heterocycles. The van der Waals surface area contributed by atoms with Crippen LogP contribution in [0.1, 0.15) is 5.82 Å². The Bertz CT molecular complexity index is 1190. The molecule has 8 nitrogen and oxygen atoms in total. The summed E-state index contributed by atoms with van der Waals surface area (Å²) in [5, 5.41) is 14.0. The quantitative estimate of drug-likeness (QED) is 0.469. The lowest BCUT2D eigenvalue weighted by Gasteiger charge is -2.01. The lowest BCUT2D eigenvalue weighted by atomic mass is 10.3. The first kappa shape index (κ1) is 14.3. The molecule has 4 aromatic heterocycles. The zero-order chi connectivity index (χ0) is 16.8. The standard InChI is InChI=1S/C16H11BrN8/c17-11-6-19-23(8-11)9-14-21-16-13-7-20-25(12-4-2-1-3-5-12)15(13)18-10-24(16)22-14/h1-8,10H,9H2. The molecule has 25 heavy (non-hydrogen) atoms. The Kier molecular flexibility index (Phi) is 3.14. The van der Waals surface area contributed by atoms with E-state index in [2.05, 4.69) is 41.2 Å². The molecule has 5 rings (SSSR count). The van der Waals surface area contributed by atoms with E-state index in [9.17, 15) is 0 Å². The molecule has 0 bridgehead atoms. The summed E-state index contributed by atoms with van der Waals surface area (Å²) in [4.78, 5) is 9.14. The number of aromatic nitrogens is 8. The summed E-state index contributed by atoms with van der Waals surface area (Å²) < 4.78 is 6.17. The largest absolute Gasteiger partial charge is 0.264 e. The third-order valence-electron chi connectivity index (χ3n) is 3.86. The fourth-order valence-electron chi connectivity index (χ4n) is 2.76. The second kappa shape index (κ2) is 5.49. The Morgan fingerprint density at radius 2 is 1.88 bits per heavy atom. The highest BCUT2D eigenvalue weighted by Crippen LogP contribution is 2.19. The van der Waals surface area contributed by atoms with E-state index >= 15 is 0 Å². The molecule has 0 N–H and O–H groups in total. The summed E-state index contributed by atoms with van der Waals surface area (Å²) in [7, 11) is 0. The maximum Gasteiger partial charge on any atom is 0.173 e. The van der Waals surface area contributed by atoms with E-state index in [-0.39, 0.29) is 0 Å². The van der Waals surface area contributed by atoms with Crippen LogP contribution in [0.5, 0.6) is 0 Å². The fraction of sp³-hybridized carbons (Fsp3) is 0.0625. The molecule has 1 aromatic carbocycles. The normalized spacial score (nSPS) is 11.6. The van der Waals surface area contributed by atoms with Gasteiger partial charge in [0.05, 0.1) is 27.9 Å². The summed E-state index contributed by atoms with van der Waals surface area (Å²) in [5.41, 5.74) is 2.43. The predicted octanol–water partition coefficient (Wildman–Crippen LogP) is 2.47. The van der Waals surface area contributed by atoms with Crippen LogP contribution in [0.25, 0.3) is 22.4 Å². The second-order valence-electron chi connectivity index (χ2n) is 5.53. The molecule has 0 aliphatic carbocycles. The van der Waals surface area contributed by atoms with Gasteiger partial charge in [-0.3, -0.25) is 4.68 Å². The van der Waals surface area contributed by atoms with Gasteiger partial charge < -0.3 is 0 Å². The topological polar surface area (TPSA) is 78.7 Å².